The number of H-pyrrole nitrogens is 1. The van der Waals surface area contributed by atoms with Crippen molar-refractivity contribution in [1.82, 2.24) is 30.6 Å². The number of anilines is 1. The molecule has 0 saturated heterocycles. The van der Waals surface area contributed by atoms with Gasteiger partial charge in [0.15, 0.2) is 6.33 Å². The van der Waals surface area contributed by atoms with Crippen molar-refractivity contribution < 1.29 is 9.32 Å². The van der Waals surface area contributed by atoms with Gasteiger partial charge >= 0.3 is 0 Å². The van der Waals surface area contributed by atoms with Crippen LogP contribution in [0.25, 0.3) is 22.0 Å². The molecule has 0 fully saturated rings. The molecule has 0 aliphatic carbocycles. The molecular weight excluding hydrogens is 370 g/mol. The van der Waals surface area contributed by atoms with Crippen LogP contribution in [0.5, 0.6) is 0 Å². The third kappa shape index (κ3) is 4.08. The van der Waals surface area contributed by atoms with Gasteiger partial charge in [0.1, 0.15) is 0 Å². The summed E-state index contributed by atoms with van der Waals surface area (Å²) in [5.74, 6) is 0.267. The molecule has 29 heavy (non-hydrogen) atoms. The molecule has 0 aliphatic heterocycles. The number of aromatic amines is 1. The molecule has 3 aromatic heterocycles. The molecule has 0 radical (unpaired) electrons. The molecule has 0 bridgehead atoms. The molecule has 3 heterocycles. The molecule has 0 spiro atoms. The first-order valence-electron chi connectivity index (χ1n) is 9.34. The predicted octanol–water partition coefficient (Wildman–Crippen LogP) is 2.80. The van der Waals surface area contributed by atoms with Crippen molar-refractivity contribution in [3.05, 3.63) is 54.6 Å². The van der Waals surface area contributed by atoms with E-state index >= 15 is 0 Å². The molecule has 4 rings (SSSR count). The summed E-state index contributed by atoms with van der Waals surface area (Å²) in [5, 5.41) is 17.6. The van der Waals surface area contributed by atoms with Crippen molar-refractivity contribution in [2.45, 2.75) is 26.3 Å². The van der Waals surface area contributed by atoms with Gasteiger partial charge in [-0.05, 0) is 31.5 Å². The van der Waals surface area contributed by atoms with Gasteiger partial charge in [0.25, 0.3) is 5.91 Å². The molecule has 1 aromatic carbocycles. The maximum atomic E-state index is 12.9. The van der Waals surface area contributed by atoms with Gasteiger partial charge in [-0.1, -0.05) is 11.2 Å². The Balaban J connectivity index is 1.67. The molecule has 0 aliphatic rings. The SMILES string of the molecule is CC(C)Nc1c(C(=O)NCCc2ncno2)cnc2ccc(-c3cn[nH]c3)cc12. The Morgan fingerprint density at radius 2 is 2.10 bits per heavy atom. The predicted molar refractivity (Wildman–Crippen MR) is 108 cm³/mol. The van der Waals surface area contributed by atoms with Crippen LogP contribution in [-0.2, 0) is 6.42 Å². The van der Waals surface area contributed by atoms with Crippen LogP contribution >= 0.6 is 0 Å². The quantitative estimate of drug-likeness (QED) is 0.443. The van der Waals surface area contributed by atoms with Crippen LogP contribution in [-0.4, -0.2) is 43.8 Å². The topological polar surface area (TPSA) is 122 Å². The van der Waals surface area contributed by atoms with Gasteiger partial charge in [0, 0.05) is 42.4 Å². The molecule has 4 aromatic rings. The van der Waals surface area contributed by atoms with Crippen LogP contribution in [0.15, 0.2) is 47.6 Å². The molecule has 0 saturated carbocycles. The van der Waals surface area contributed by atoms with E-state index in [1.54, 1.807) is 12.4 Å². The Morgan fingerprint density at radius 3 is 2.83 bits per heavy atom. The number of amides is 1. The van der Waals surface area contributed by atoms with Crippen LogP contribution in [0, 0.1) is 0 Å². The minimum atomic E-state index is -0.212. The van der Waals surface area contributed by atoms with Crippen LogP contribution in [0.3, 0.4) is 0 Å². The second-order valence-corrected chi connectivity index (χ2v) is 6.91. The van der Waals surface area contributed by atoms with E-state index < -0.39 is 0 Å². The van der Waals surface area contributed by atoms with Crippen molar-refractivity contribution in [2.75, 3.05) is 11.9 Å². The van der Waals surface area contributed by atoms with Crippen LogP contribution in [0.1, 0.15) is 30.1 Å². The number of benzene rings is 1. The molecule has 9 heteroatoms. The Hall–Kier alpha value is -3.75. The normalized spacial score (nSPS) is 11.1. The summed E-state index contributed by atoms with van der Waals surface area (Å²) in [7, 11) is 0. The lowest BCUT2D eigenvalue weighted by molar-refractivity contribution is 0.0954. The molecular formula is C20H21N7O2. The van der Waals surface area contributed by atoms with Crippen molar-refractivity contribution in [3.63, 3.8) is 0 Å². The Bertz CT molecular complexity index is 1110. The molecule has 1 amide bonds. The minimum absolute atomic E-state index is 0.142. The third-order valence-electron chi connectivity index (χ3n) is 4.41. The second-order valence-electron chi connectivity index (χ2n) is 6.91. The largest absolute Gasteiger partial charge is 0.382 e. The second kappa shape index (κ2) is 8.09. The number of aromatic nitrogens is 5. The third-order valence-corrected chi connectivity index (χ3v) is 4.41. The highest BCUT2D eigenvalue weighted by molar-refractivity contribution is 6.07. The number of nitrogens with zero attached hydrogens (tertiary/aromatic N) is 4. The maximum absolute atomic E-state index is 12.9. The van der Waals surface area contributed by atoms with Gasteiger partial charge in [-0.15, -0.1) is 0 Å². The fraction of sp³-hybridized carbons (Fsp3) is 0.250. The van der Waals surface area contributed by atoms with E-state index in [-0.39, 0.29) is 11.9 Å². The summed E-state index contributed by atoms with van der Waals surface area (Å²) >= 11 is 0. The fourth-order valence-electron chi connectivity index (χ4n) is 3.08. The lowest BCUT2D eigenvalue weighted by Crippen LogP contribution is -2.27. The lowest BCUT2D eigenvalue weighted by Gasteiger charge is -2.17. The standard InChI is InChI=1S/C20H21N7O2/c1-12(2)27-19-15-7-13(14-8-24-25-9-14)3-4-17(15)22-10-16(19)20(28)21-6-5-18-23-11-26-29-18/h3-4,7-12H,5-6H2,1-2H3,(H,21,28)(H,22,27)(H,24,25). The summed E-state index contributed by atoms with van der Waals surface area (Å²) in [5.41, 5.74) is 4.01. The van der Waals surface area contributed by atoms with E-state index in [0.717, 1.165) is 27.7 Å². The minimum Gasteiger partial charge on any atom is -0.382 e. The zero-order chi connectivity index (χ0) is 20.2. The van der Waals surface area contributed by atoms with Gasteiger partial charge in [0.05, 0.1) is 23.0 Å². The summed E-state index contributed by atoms with van der Waals surface area (Å²) in [6, 6.07) is 6.10. The van der Waals surface area contributed by atoms with E-state index in [0.29, 0.717) is 24.4 Å². The van der Waals surface area contributed by atoms with Gasteiger partial charge < -0.3 is 15.2 Å². The van der Waals surface area contributed by atoms with Crippen LogP contribution in [0.2, 0.25) is 0 Å². The van der Waals surface area contributed by atoms with Gasteiger partial charge in [-0.25, -0.2) is 0 Å². The summed E-state index contributed by atoms with van der Waals surface area (Å²) in [6.07, 6.45) is 7.00. The number of fused-ring (bicyclic) bond motifs is 1. The number of nitrogens with one attached hydrogen (secondary N) is 3. The first kappa shape index (κ1) is 18.6. The number of hydrogen-bond donors (Lipinski definition) is 3. The Labute approximate surface area is 166 Å². The summed E-state index contributed by atoms with van der Waals surface area (Å²) in [4.78, 5) is 21.3. The van der Waals surface area contributed by atoms with Crippen LogP contribution < -0.4 is 10.6 Å². The number of rotatable bonds is 7. The fourth-order valence-corrected chi connectivity index (χ4v) is 3.08. The van der Waals surface area contributed by atoms with Crippen LogP contribution in [0.4, 0.5) is 5.69 Å². The first-order valence-corrected chi connectivity index (χ1v) is 9.34. The van der Waals surface area contributed by atoms with E-state index in [1.807, 2.05) is 38.2 Å². The van der Waals surface area contributed by atoms with E-state index in [1.165, 1.54) is 6.33 Å². The number of carbonyl (C=O) groups excluding carboxylic acids is 1. The van der Waals surface area contributed by atoms with E-state index in [4.69, 9.17) is 4.52 Å². The van der Waals surface area contributed by atoms with Gasteiger partial charge in [0.2, 0.25) is 5.89 Å². The molecule has 9 nitrogen and oxygen atoms in total. The summed E-state index contributed by atoms with van der Waals surface area (Å²) < 4.78 is 4.96. The monoisotopic (exact) mass is 391 g/mol. The van der Waals surface area contributed by atoms with E-state index in [2.05, 4.69) is 36.0 Å². The average Bonchev–Trinajstić information content (AvgIpc) is 3.41. The van der Waals surface area contributed by atoms with E-state index in [9.17, 15) is 4.79 Å². The van der Waals surface area contributed by atoms with Gasteiger partial charge in [-0.2, -0.15) is 10.1 Å². The molecule has 0 atom stereocenters. The van der Waals surface area contributed by atoms with Gasteiger partial charge in [-0.3, -0.25) is 14.9 Å². The first-order chi connectivity index (χ1) is 14.1. The molecule has 0 unspecified atom stereocenters. The smallest absolute Gasteiger partial charge is 0.254 e. The number of pyridine rings is 1. The highest BCUT2D eigenvalue weighted by atomic mass is 16.5. The van der Waals surface area contributed by atoms with Crippen molar-refractivity contribution in [2.24, 2.45) is 0 Å². The summed E-state index contributed by atoms with van der Waals surface area (Å²) in [6.45, 7) is 4.45. The average molecular weight is 391 g/mol. The van der Waals surface area contributed by atoms with Crippen molar-refractivity contribution >= 4 is 22.5 Å². The lowest BCUT2D eigenvalue weighted by atomic mass is 10.0. The zero-order valence-corrected chi connectivity index (χ0v) is 16.1. The Kier molecular flexibility index (Phi) is 5.19. The molecule has 3 N–H and O–H groups in total. The number of hydrogen-bond acceptors (Lipinski definition) is 7. The van der Waals surface area contributed by atoms with Crippen molar-refractivity contribution in [1.29, 1.82) is 0 Å². The Morgan fingerprint density at radius 1 is 1.21 bits per heavy atom. The molecule has 148 valence electrons. The highest BCUT2D eigenvalue weighted by Crippen LogP contribution is 2.30. The maximum Gasteiger partial charge on any atom is 0.254 e. The van der Waals surface area contributed by atoms with Crippen molar-refractivity contribution in [3.8, 4) is 11.1 Å². The number of carbonyl (C=O) groups is 1. The highest BCUT2D eigenvalue weighted by Gasteiger charge is 2.17. The zero-order valence-electron chi connectivity index (χ0n) is 16.1.